The molecule has 2 amide bonds. The first-order valence-corrected chi connectivity index (χ1v) is 9.01. The molecule has 2 rings (SSSR count). The zero-order chi connectivity index (χ0) is 18.4. The van der Waals surface area contributed by atoms with Gasteiger partial charge in [0.1, 0.15) is 11.9 Å². The fraction of sp³-hybridized carbons (Fsp3) is 0.632. The highest BCUT2D eigenvalue weighted by Gasteiger charge is 2.27. The van der Waals surface area contributed by atoms with Gasteiger partial charge in [-0.2, -0.15) is 0 Å². The number of urea groups is 1. The van der Waals surface area contributed by atoms with Crippen molar-refractivity contribution in [2.45, 2.75) is 57.8 Å². The van der Waals surface area contributed by atoms with Gasteiger partial charge in [0.25, 0.3) is 0 Å². The fourth-order valence-corrected chi connectivity index (χ4v) is 3.39. The van der Waals surface area contributed by atoms with Crippen LogP contribution in [0.5, 0.6) is 0 Å². The first-order valence-electron chi connectivity index (χ1n) is 9.01. The van der Waals surface area contributed by atoms with Crippen molar-refractivity contribution in [2.24, 2.45) is 0 Å². The van der Waals surface area contributed by atoms with E-state index < -0.39 is 6.10 Å². The smallest absolute Gasteiger partial charge is 0.317 e. The Labute approximate surface area is 149 Å². The summed E-state index contributed by atoms with van der Waals surface area (Å²) in [5, 5.41) is 6.47. The van der Waals surface area contributed by atoms with Crippen LogP contribution < -0.4 is 10.6 Å². The number of hydrogen-bond donors (Lipinski definition) is 2. The van der Waals surface area contributed by atoms with Gasteiger partial charge in [-0.3, -0.25) is 0 Å². The van der Waals surface area contributed by atoms with E-state index in [-0.39, 0.29) is 17.9 Å². The summed E-state index contributed by atoms with van der Waals surface area (Å²) in [6.07, 6.45) is 1.37. The molecule has 2 atom stereocenters. The lowest BCUT2D eigenvalue weighted by atomic mass is 10.0. The Morgan fingerprint density at radius 3 is 2.44 bits per heavy atom. The van der Waals surface area contributed by atoms with E-state index in [9.17, 15) is 9.18 Å². The summed E-state index contributed by atoms with van der Waals surface area (Å²) in [6.45, 7) is 7.55. The van der Waals surface area contributed by atoms with Gasteiger partial charge in [0.05, 0.1) is 6.04 Å². The zero-order valence-electron chi connectivity index (χ0n) is 15.6. The Bertz CT molecular complexity index is 559. The summed E-state index contributed by atoms with van der Waals surface area (Å²) in [4.78, 5) is 14.3. The van der Waals surface area contributed by atoms with E-state index in [4.69, 9.17) is 4.74 Å². The predicted molar refractivity (Wildman–Crippen MR) is 97.0 cm³/mol. The van der Waals surface area contributed by atoms with Gasteiger partial charge in [-0.05, 0) is 25.8 Å². The lowest BCUT2D eigenvalue weighted by Crippen LogP contribution is -2.51. The van der Waals surface area contributed by atoms with Crippen LogP contribution in [0.3, 0.4) is 0 Å². The third kappa shape index (κ3) is 5.41. The molecule has 6 heteroatoms. The minimum absolute atomic E-state index is 0.117. The number of halogens is 1. The number of piperidine rings is 1. The third-order valence-electron chi connectivity index (χ3n) is 4.62. The second-order valence-corrected chi connectivity index (χ2v) is 7.00. The number of benzene rings is 1. The van der Waals surface area contributed by atoms with Crippen LogP contribution in [0.4, 0.5) is 9.18 Å². The van der Waals surface area contributed by atoms with Crippen molar-refractivity contribution in [2.75, 3.05) is 20.2 Å². The Balaban J connectivity index is 1.90. The predicted octanol–water partition coefficient (Wildman–Crippen LogP) is 3.07. The van der Waals surface area contributed by atoms with E-state index in [1.54, 1.807) is 18.2 Å². The van der Waals surface area contributed by atoms with Crippen LogP contribution in [0.2, 0.25) is 0 Å². The SMILES string of the molecule is COC(c1ccccc1F)C(C)NC(=O)N1CCC(NC(C)C)CC1. The molecule has 1 aromatic carbocycles. The molecule has 0 saturated carbocycles. The largest absolute Gasteiger partial charge is 0.375 e. The Hall–Kier alpha value is -1.66. The van der Waals surface area contributed by atoms with Crippen LogP contribution in [0, 0.1) is 5.82 Å². The summed E-state index contributed by atoms with van der Waals surface area (Å²) >= 11 is 0. The fourth-order valence-electron chi connectivity index (χ4n) is 3.39. The van der Waals surface area contributed by atoms with Crippen LogP contribution in [0.1, 0.15) is 45.3 Å². The number of hydrogen-bond acceptors (Lipinski definition) is 3. The molecular formula is C19H30FN3O2. The van der Waals surface area contributed by atoms with E-state index in [0.29, 0.717) is 17.6 Å². The molecule has 1 fully saturated rings. The number of nitrogens with zero attached hydrogens (tertiary/aromatic N) is 1. The van der Waals surface area contributed by atoms with E-state index in [0.717, 1.165) is 25.9 Å². The molecule has 25 heavy (non-hydrogen) atoms. The highest BCUT2D eigenvalue weighted by Crippen LogP contribution is 2.23. The van der Waals surface area contributed by atoms with Gasteiger partial charge in [-0.1, -0.05) is 32.0 Å². The van der Waals surface area contributed by atoms with Crippen LogP contribution in [0.15, 0.2) is 24.3 Å². The van der Waals surface area contributed by atoms with Crippen molar-refractivity contribution in [3.8, 4) is 0 Å². The van der Waals surface area contributed by atoms with Crippen molar-refractivity contribution in [1.82, 2.24) is 15.5 Å². The number of carbonyl (C=O) groups excluding carboxylic acids is 1. The molecule has 1 aliphatic heterocycles. The molecule has 5 nitrogen and oxygen atoms in total. The molecule has 0 radical (unpaired) electrons. The zero-order valence-corrected chi connectivity index (χ0v) is 15.6. The van der Waals surface area contributed by atoms with Gasteiger partial charge in [0, 0.05) is 37.8 Å². The molecule has 140 valence electrons. The number of nitrogens with one attached hydrogen (secondary N) is 2. The van der Waals surface area contributed by atoms with Crippen LogP contribution in [0.25, 0.3) is 0 Å². The molecular weight excluding hydrogens is 321 g/mol. The van der Waals surface area contributed by atoms with Gasteiger partial charge in [0.2, 0.25) is 0 Å². The molecule has 1 heterocycles. The molecule has 1 saturated heterocycles. The maximum Gasteiger partial charge on any atom is 0.317 e. The second kappa shape index (κ2) is 9.15. The Kier molecular flexibility index (Phi) is 7.20. The highest BCUT2D eigenvalue weighted by molar-refractivity contribution is 5.74. The number of rotatable bonds is 6. The number of methoxy groups -OCH3 is 1. The van der Waals surface area contributed by atoms with E-state index in [1.807, 2.05) is 11.8 Å². The van der Waals surface area contributed by atoms with Crippen LogP contribution >= 0.6 is 0 Å². The first-order chi connectivity index (χ1) is 11.9. The van der Waals surface area contributed by atoms with Crippen molar-refractivity contribution < 1.29 is 13.9 Å². The molecule has 0 spiro atoms. The van der Waals surface area contributed by atoms with Gasteiger partial charge in [-0.25, -0.2) is 9.18 Å². The number of likely N-dealkylation sites (tertiary alicyclic amines) is 1. The van der Waals surface area contributed by atoms with E-state index in [1.165, 1.54) is 13.2 Å². The lowest BCUT2D eigenvalue weighted by Gasteiger charge is -2.35. The molecule has 0 aromatic heterocycles. The molecule has 1 aliphatic rings. The van der Waals surface area contributed by atoms with Crippen LogP contribution in [-0.4, -0.2) is 49.3 Å². The maximum absolute atomic E-state index is 14.0. The summed E-state index contributed by atoms with van der Waals surface area (Å²) in [5.41, 5.74) is 0.456. The van der Waals surface area contributed by atoms with Gasteiger partial charge < -0.3 is 20.3 Å². The molecule has 2 N–H and O–H groups in total. The van der Waals surface area contributed by atoms with Crippen molar-refractivity contribution in [3.05, 3.63) is 35.6 Å². The Morgan fingerprint density at radius 1 is 1.24 bits per heavy atom. The monoisotopic (exact) mass is 351 g/mol. The minimum Gasteiger partial charge on any atom is -0.375 e. The molecule has 1 aromatic rings. The highest BCUT2D eigenvalue weighted by atomic mass is 19.1. The quantitative estimate of drug-likeness (QED) is 0.828. The normalized spacial score (nSPS) is 18.2. The number of amides is 2. The summed E-state index contributed by atoms with van der Waals surface area (Å²) in [7, 11) is 1.53. The van der Waals surface area contributed by atoms with Crippen molar-refractivity contribution >= 4 is 6.03 Å². The molecule has 2 unspecified atom stereocenters. The third-order valence-corrected chi connectivity index (χ3v) is 4.62. The van der Waals surface area contributed by atoms with Crippen molar-refractivity contribution in [3.63, 3.8) is 0 Å². The first kappa shape index (κ1) is 19.7. The minimum atomic E-state index is -0.523. The lowest BCUT2D eigenvalue weighted by molar-refractivity contribution is 0.0699. The summed E-state index contributed by atoms with van der Waals surface area (Å²) in [5.74, 6) is -0.323. The van der Waals surface area contributed by atoms with Gasteiger partial charge in [-0.15, -0.1) is 0 Å². The van der Waals surface area contributed by atoms with E-state index >= 15 is 0 Å². The Morgan fingerprint density at radius 2 is 1.88 bits per heavy atom. The second-order valence-electron chi connectivity index (χ2n) is 7.00. The van der Waals surface area contributed by atoms with Gasteiger partial charge >= 0.3 is 6.03 Å². The topological polar surface area (TPSA) is 53.6 Å². The van der Waals surface area contributed by atoms with E-state index in [2.05, 4.69) is 24.5 Å². The standard InChI is InChI=1S/C19H30FN3O2/c1-13(2)21-15-9-11-23(12-10-15)19(24)22-14(3)18(25-4)16-7-5-6-8-17(16)20/h5-8,13-15,18,21H,9-12H2,1-4H3,(H,22,24). The molecule has 0 bridgehead atoms. The van der Waals surface area contributed by atoms with Gasteiger partial charge in [0.15, 0.2) is 0 Å². The summed E-state index contributed by atoms with van der Waals surface area (Å²) < 4.78 is 19.5. The van der Waals surface area contributed by atoms with Crippen LogP contribution in [-0.2, 0) is 4.74 Å². The summed E-state index contributed by atoms with van der Waals surface area (Å²) in [6, 6.07) is 6.97. The number of carbonyl (C=O) groups is 1. The van der Waals surface area contributed by atoms with Crippen molar-refractivity contribution in [1.29, 1.82) is 0 Å². The average Bonchev–Trinajstić information content (AvgIpc) is 2.57. The maximum atomic E-state index is 14.0. The molecule has 0 aliphatic carbocycles. The average molecular weight is 351 g/mol. The number of ether oxygens (including phenoxy) is 1.